The zero-order chi connectivity index (χ0) is 21.8. The maximum Gasteiger partial charge on any atom is 0.191 e. The van der Waals surface area contributed by atoms with Gasteiger partial charge in [-0.05, 0) is 31.2 Å². The van der Waals surface area contributed by atoms with Gasteiger partial charge >= 0.3 is 0 Å². The van der Waals surface area contributed by atoms with E-state index in [1.54, 1.807) is 25.1 Å². The maximum atomic E-state index is 9.97. The van der Waals surface area contributed by atoms with Gasteiger partial charge < -0.3 is 15.7 Å². The Kier molecular flexibility index (Phi) is 7.31. The van der Waals surface area contributed by atoms with Crippen molar-refractivity contribution in [1.82, 2.24) is 4.90 Å². The van der Waals surface area contributed by atoms with Gasteiger partial charge in [0.25, 0.3) is 0 Å². The van der Waals surface area contributed by atoms with Crippen LogP contribution in [-0.2, 0) is 0 Å². The quantitative estimate of drug-likeness (QED) is 0.705. The van der Waals surface area contributed by atoms with Crippen LogP contribution in [0.3, 0.4) is 0 Å². The lowest BCUT2D eigenvalue weighted by Gasteiger charge is -2.45. The summed E-state index contributed by atoms with van der Waals surface area (Å²) in [5, 5.41) is 37.8. The molecule has 1 aromatic rings. The molecule has 1 aromatic carbocycles. The SMILES string of the molecule is CCO.CN1CC=C2C(C#N)=C(N)C(C#N)(C#N)C(c3cccc(Cl)c3Cl)C2C1. The summed E-state index contributed by atoms with van der Waals surface area (Å²) in [5.41, 5.74) is 6.10. The number of nitrogens with two attached hydrogens (primary N) is 1. The molecule has 0 saturated carbocycles. The van der Waals surface area contributed by atoms with Gasteiger partial charge in [-0.3, -0.25) is 0 Å². The lowest BCUT2D eigenvalue weighted by molar-refractivity contribution is 0.238. The first-order valence-corrected chi connectivity index (χ1v) is 9.74. The summed E-state index contributed by atoms with van der Waals surface area (Å²) < 4.78 is 0. The zero-order valence-corrected chi connectivity index (χ0v) is 17.7. The van der Waals surface area contributed by atoms with Crippen molar-refractivity contribution in [2.75, 3.05) is 26.7 Å². The first-order chi connectivity index (χ1) is 13.8. The second kappa shape index (κ2) is 9.31. The number of allylic oxidation sites excluding steroid dienone is 2. The monoisotopic (exact) mass is 429 g/mol. The molecule has 3 rings (SSSR count). The molecule has 0 fully saturated rings. The van der Waals surface area contributed by atoms with Crippen LogP contribution < -0.4 is 5.73 Å². The lowest BCUT2D eigenvalue weighted by Crippen LogP contribution is -2.47. The summed E-state index contributed by atoms with van der Waals surface area (Å²) in [6.45, 7) is 3.16. The van der Waals surface area contributed by atoms with Crippen LogP contribution in [0.2, 0.25) is 10.0 Å². The van der Waals surface area contributed by atoms with E-state index in [9.17, 15) is 15.8 Å². The number of halogens is 2. The molecule has 29 heavy (non-hydrogen) atoms. The predicted molar refractivity (Wildman–Crippen MR) is 112 cm³/mol. The van der Waals surface area contributed by atoms with Crippen LogP contribution in [0.5, 0.6) is 0 Å². The van der Waals surface area contributed by atoms with Crippen molar-refractivity contribution in [1.29, 1.82) is 15.8 Å². The molecule has 2 unspecified atom stereocenters. The summed E-state index contributed by atoms with van der Waals surface area (Å²) in [7, 11) is 1.94. The number of benzene rings is 1. The Bertz CT molecular complexity index is 966. The van der Waals surface area contributed by atoms with Gasteiger partial charge in [-0.15, -0.1) is 0 Å². The third-order valence-electron chi connectivity index (χ3n) is 5.16. The highest BCUT2D eigenvalue weighted by atomic mass is 35.5. The molecule has 0 spiro atoms. The second-order valence-corrected chi connectivity index (χ2v) is 7.64. The molecule has 2 aliphatic rings. The molecule has 0 aromatic heterocycles. The highest BCUT2D eigenvalue weighted by Gasteiger charge is 2.54. The van der Waals surface area contributed by atoms with Crippen molar-refractivity contribution in [2.45, 2.75) is 12.8 Å². The molecule has 0 saturated heterocycles. The van der Waals surface area contributed by atoms with Crippen LogP contribution in [0.25, 0.3) is 0 Å². The summed E-state index contributed by atoms with van der Waals surface area (Å²) in [4.78, 5) is 2.07. The number of likely N-dealkylation sites (N-methyl/N-ethyl adjacent to an activating group) is 1. The van der Waals surface area contributed by atoms with E-state index in [0.717, 1.165) is 5.57 Å². The third kappa shape index (κ3) is 3.84. The minimum absolute atomic E-state index is 0.0157. The van der Waals surface area contributed by atoms with Gasteiger partial charge in [0.15, 0.2) is 5.41 Å². The highest BCUT2D eigenvalue weighted by Crippen LogP contribution is 2.55. The molecule has 1 aliphatic carbocycles. The van der Waals surface area contributed by atoms with Crippen molar-refractivity contribution in [3.63, 3.8) is 0 Å². The van der Waals surface area contributed by atoms with Crippen molar-refractivity contribution < 1.29 is 5.11 Å². The van der Waals surface area contributed by atoms with Gasteiger partial charge in [-0.25, -0.2) is 0 Å². The Morgan fingerprint density at radius 3 is 2.45 bits per heavy atom. The van der Waals surface area contributed by atoms with Crippen molar-refractivity contribution in [2.24, 2.45) is 17.1 Å². The van der Waals surface area contributed by atoms with E-state index in [1.165, 1.54) is 0 Å². The molecule has 2 atom stereocenters. The molecule has 0 amide bonds. The Balaban J connectivity index is 0.000000941. The lowest BCUT2D eigenvalue weighted by atomic mass is 9.58. The van der Waals surface area contributed by atoms with E-state index in [-0.39, 0.29) is 23.8 Å². The van der Waals surface area contributed by atoms with E-state index in [1.807, 2.05) is 13.1 Å². The van der Waals surface area contributed by atoms with Gasteiger partial charge in [0, 0.05) is 31.5 Å². The summed E-state index contributed by atoms with van der Waals surface area (Å²) >= 11 is 12.6. The van der Waals surface area contributed by atoms with Gasteiger partial charge in [-0.2, -0.15) is 15.8 Å². The van der Waals surface area contributed by atoms with E-state index in [4.69, 9.17) is 34.0 Å². The fourth-order valence-electron chi connectivity index (χ4n) is 3.93. The van der Waals surface area contributed by atoms with Gasteiger partial charge in [0.1, 0.15) is 6.07 Å². The summed E-state index contributed by atoms with van der Waals surface area (Å²) in [6, 6.07) is 11.4. The molecular weight excluding hydrogens is 409 g/mol. The Labute approximate surface area is 180 Å². The molecule has 0 bridgehead atoms. The Hall–Kier alpha value is -2.53. The molecule has 6 nitrogen and oxygen atoms in total. The summed E-state index contributed by atoms with van der Waals surface area (Å²) in [6.07, 6.45) is 1.93. The van der Waals surface area contributed by atoms with Crippen LogP contribution in [0.15, 0.2) is 41.1 Å². The number of hydrogen-bond donors (Lipinski definition) is 2. The van der Waals surface area contributed by atoms with E-state index in [0.29, 0.717) is 28.7 Å². The molecular formula is C21H21Cl2N5O. The molecule has 3 N–H and O–H groups in total. The van der Waals surface area contributed by atoms with Crippen LogP contribution in [0.1, 0.15) is 18.4 Å². The molecule has 150 valence electrons. The largest absolute Gasteiger partial charge is 0.399 e. The van der Waals surface area contributed by atoms with Gasteiger partial charge in [-0.1, -0.05) is 41.4 Å². The maximum absolute atomic E-state index is 9.97. The minimum atomic E-state index is -1.69. The predicted octanol–water partition coefficient (Wildman–Crippen LogP) is 3.35. The van der Waals surface area contributed by atoms with Gasteiger partial charge in [0.05, 0.1) is 33.5 Å². The highest BCUT2D eigenvalue weighted by molar-refractivity contribution is 6.42. The molecule has 1 heterocycles. The van der Waals surface area contributed by atoms with Crippen molar-refractivity contribution in [3.8, 4) is 18.2 Å². The molecule has 0 radical (unpaired) electrons. The fourth-order valence-corrected chi connectivity index (χ4v) is 4.35. The third-order valence-corrected chi connectivity index (χ3v) is 6.00. The van der Waals surface area contributed by atoms with Crippen LogP contribution >= 0.6 is 23.2 Å². The van der Waals surface area contributed by atoms with Crippen molar-refractivity contribution in [3.05, 3.63) is 56.7 Å². The number of hydrogen-bond acceptors (Lipinski definition) is 6. The normalized spacial score (nSPS) is 22.8. The summed E-state index contributed by atoms with van der Waals surface area (Å²) in [5.74, 6) is -0.902. The number of nitrogens with zero attached hydrogens (tertiary/aromatic N) is 4. The minimum Gasteiger partial charge on any atom is -0.399 e. The Morgan fingerprint density at radius 1 is 1.28 bits per heavy atom. The number of aliphatic hydroxyl groups excluding tert-OH is 1. The average molecular weight is 430 g/mol. The van der Waals surface area contributed by atoms with E-state index >= 15 is 0 Å². The van der Waals surface area contributed by atoms with E-state index in [2.05, 4.69) is 23.1 Å². The van der Waals surface area contributed by atoms with Crippen LogP contribution in [-0.4, -0.2) is 36.8 Å². The standard InChI is InChI=1S/C19H15Cl2N5.C2H6O/c1-26-6-5-11-13(7-22)18(25)19(9-23,10-24)16(14(11)8-26)12-3-2-4-15(20)17(12)21;1-2-3/h2-5,14,16H,6,8,25H2,1H3;3H,2H2,1H3. The number of rotatable bonds is 1. The van der Waals surface area contributed by atoms with Crippen LogP contribution in [0.4, 0.5) is 0 Å². The fraction of sp³-hybridized carbons (Fsp3) is 0.381. The van der Waals surface area contributed by atoms with Gasteiger partial charge in [0.2, 0.25) is 0 Å². The first kappa shape index (κ1) is 22.8. The van der Waals surface area contributed by atoms with Crippen molar-refractivity contribution >= 4 is 23.2 Å². The van der Waals surface area contributed by atoms with Crippen LogP contribution in [0, 0.1) is 45.3 Å². The Morgan fingerprint density at radius 2 is 1.90 bits per heavy atom. The smallest absolute Gasteiger partial charge is 0.191 e. The zero-order valence-electron chi connectivity index (χ0n) is 16.2. The topological polar surface area (TPSA) is 121 Å². The number of fused-ring (bicyclic) bond motifs is 1. The second-order valence-electron chi connectivity index (χ2n) is 6.86. The number of nitriles is 3. The average Bonchev–Trinajstić information content (AvgIpc) is 2.70. The first-order valence-electron chi connectivity index (χ1n) is 8.99. The number of aliphatic hydroxyl groups is 1. The molecule has 8 heteroatoms. The molecule has 1 aliphatic heterocycles. The van der Waals surface area contributed by atoms with E-state index < -0.39 is 11.3 Å².